The van der Waals surface area contributed by atoms with E-state index in [1.807, 2.05) is 0 Å². The van der Waals surface area contributed by atoms with E-state index in [4.69, 9.17) is 0 Å². The molecular formula is C14H19N4O4S+. The fourth-order valence-corrected chi connectivity index (χ4v) is 4.81. The molecule has 23 heavy (non-hydrogen) atoms. The van der Waals surface area contributed by atoms with Crippen LogP contribution in [0.4, 0.5) is 21.0 Å². The Labute approximate surface area is 134 Å². The molecule has 0 saturated heterocycles. The largest absolute Gasteiger partial charge is 0.454 e. The van der Waals surface area contributed by atoms with Gasteiger partial charge in [0.2, 0.25) is 0 Å². The first kappa shape index (κ1) is 15.9. The number of amides is 4. The second-order valence-corrected chi connectivity index (χ2v) is 7.83. The molecule has 8 nitrogen and oxygen atoms in total. The third-order valence-electron chi connectivity index (χ3n) is 4.37. The zero-order valence-electron chi connectivity index (χ0n) is 13.2. The molecule has 1 atom stereocenters. The van der Waals surface area contributed by atoms with Crippen LogP contribution in [0.5, 0.6) is 0 Å². The summed E-state index contributed by atoms with van der Waals surface area (Å²) in [5, 5.41) is 2.32. The van der Waals surface area contributed by atoms with Crippen LogP contribution in [0.15, 0.2) is 24.3 Å². The highest BCUT2D eigenvalue weighted by molar-refractivity contribution is 7.90. The molecule has 0 bridgehead atoms. The molecule has 3 rings (SSSR count). The van der Waals surface area contributed by atoms with Crippen molar-refractivity contribution in [3.05, 3.63) is 24.3 Å². The number of quaternary nitrogens is 1. The van der Waals surface area contributed by atoms with Crippen molar-refractivity contribution in [3.8, 4) is 0 Å². The third kappa shape index (κ3) is 2.00. The van der Waals surface area contributed by atoms with Crippen LogP contribution in [0.3, 0.4) is 0 Å². The smallest absolute Gasteiger partial charge is 0.307 e. The van der Waals surface area contributed by atoms with Gasteiger partial charge in [-0.2, -0.15) is 13.1 Å². The highest BCUT2D eigenvalue weighted by Crippen LogP contribution is 2.46. The van der Waals surface area contributed by atoms with E-state index >= 15 is 0 Å². The van der Waals surface area contributed by atoms with Crippen LogP contribution >= 0.6 is 0 Å². The second-order valence-electron chi connectivity index (χ2n) is 6.13. The summed E-state index contributed by atoms with van der Waals surface area (Å²) in [6.45, 7) is 1.75. The van der Waals surface area contributed by atoms with Crippen LogP contribution in [-0.4, -0.2) is 40.1 Å². The summed E-state index contributed by atoms with van der Waals surface area (Å²) in [6, 6.07) is 4.65. The van der Waals surface area contributed by atoms with Gasteiger partial charge in [0.05, 0.1) is 0 Å². The Balaban J connectivity index is 2.27. The molecule has 1 aromatic carbocycles. The topological polar surface area (TPSA) is 95.6 Å². The van der Waals surface area contributed by atoms with Crippen LogP contribution in [0.25, 0.3) is 0 Å². The van der Waals surface area contributed by atoms with E-state index in [9.17, 15) is 18.0 Å². The van der Waals surface area contributed by atoms with Crippen molar-refractivity contribution in [2.45, 2.75) is 25.3 Å². The van der Waals surface area contributed by atoms with Crippen molar-refractivity contribution < 1.29 is 18.0 Å². The van der Waals surface area contributed by atoms with Gasteiger partial charge < -0.3 is 5.32 Å². The number of urea groups is 2. The summed E-state index contributed by atoms with van der Waals surface area (Å²) in [6.07, 6.45) is 1.34. The molecule has 2 N–H and O–H groups in total. The van der Waals surface area contributed by atoms with Gasteiger partial charge in [0.25, 0.3) is 0 Å². The molecule has 2 aliphatic rings. The maximum absolute atomic E-state index is 13.1. The van der Waals surface area contributed by atoms with Gasteiger partial charge in [-0.25, -0.2) is 9.59 Å². The lowest BCUT2D eigenvalue weighted by molar-refractivity contribution is 0.215. The Bertz CT molecular complexity index is 803. The average molecular weight is 339 g/mol. The first-order valence-electron chi connectivity index (χ1n) is 7.23. The first-order valence-corrected chi connectivity index (χ1v) is 8.67. The number of benzene rings is 1. The SMILES string of the molecule is CNC(=O)[N+]1(S(=O)(=O)NC2(C)CC2)C(=O)N(C)c2ccccc21. The second kappa shape index (κ2) is 4.76. The van der Waals surface area contributed by atoms with Gasteiger partial charge in [-0.1, -0.05) is 12.1 Å². The van der Waals surface area contributed by atoms with Gasteiger partial charge in [0.1, 0.15) is 5.69 Å². The Morgan fingerprint density at radius 3 is 2.48 bits per heavy atom. The lowest BCUT2D eigenvalue weighted by atomic mass is 10.2. The van der Waals surface area contributed by atoms with Crippen molar-refractivity contribution in [1.29, 1.82) is 0 Å². The minimum atomic E-state index is -4.34. The Hall–Kier alpha value is -1.97. The van der Waals surface area contributed by atoms with E-state index in [1.165, 1.54) is 25.1 Å². The number of hydrogen-bond acceptors (Lipinski definition) is 4. The summed E-state index contributed by atoms with van der Waals surface area (Å²) < 4.78 is 27.3. The van der Waals surface area contributed by atoms with Crippen molar-refractivity contribution in [2.24, 2.45) is 0 Å². The predicted octanol–water partition coefficient (Wildman–Crippen LogP) is 1.29. The Morgan fingerprint density at radius 2 is 1.91 bits per heavy atom. The third-order valence-corrected chi connectivity index (χ3v) is 6.36. The van der Waals surface area contributed by atoms with E-state index < -0.39 is 31.7 Å². The van der Waals surface area contributed by atoms with Crippen molar-refractivity contribution in [1.82, 2.24) is 13.9 Å². The van der Waals surface area contributed by atoms with Crippen LogP contribution in [0.2, 0.25) is 0 Å². The maximum atomic E-state index is 13.1. The number of hydrogen-bond donors (Lipinski definition) is 2. The van der Waals surface area contributed by atoms with Crippen LogP contribution < -0.4 is 18.8 Å². The highest BCUT2D eigenvalue weighted by atomic mass is 32.2. The highest BCUT2D eigenvalue weighted by Gasteiger charge is 2.67. The molecule has 1 aliphatic heterocycles. The molecule has 1 fully saturated rings. The molecule has 0 spiro atoms. The number of fused-ring (bicyclic) bond motifs is 1. The summed E-state index contributed by atoms with van der Waals surface area (Å²) in [7, 11) is -1.57. The minimum absolute atomic E-state index is 0.121. The van der Waals surface area contributed by atoms with Crippen LogP contribution in [-0.2, 0) is 10.2 Å². The number of nitrogens with zero attached hydrogens (tertiary/aromatic N) is 2. The summed E-state index contributed by atoms with van der Waals surface area (Å²) in [5.41, 5.74) is -0.0855. The first-order chi connectivity index (χ1) is 10.7. The standard InChI is InChI=1S/C14H18N4O4S/c1-14(8-9-14)16-23(21,22)18(12(19)15-2)11-7-5-4-6-10(11)17(3)13(18)20/h4-7,16H,8-9H2,1-3H3/p+1. The van der Waals surface area contributed by atoms with Gasteiger partial charge in [-0.3, -0.25) is 4.90 Å². The van der Waals surface area contributed by atoms with Crippen LogP contribution in [0.1, 0.15) is 19.8 Å². The summed E-state index contributed by atoms with van der Waals surface area (Å²) >= 11 is 0. The van der Waals surface area contributed by atoms with Crippen molar-refractivity contribution in [2.75, 3.05) is 19.0 Å². The lowest BCUT2D eigenvalue weighted by Gasteiger charge is -2.27. The number of nitrogens with one attached hydrogen (secondary N) is 2. The molecule has 0 radical (unpaired) electrons. The fraction of sp³-hybridized carbons (Fsp3) is 0.429. The lowest BCUT2D eigenvalue weighted by Crippen LogP contribution is -2.69. The average Bonchev–Trinajstić information content (AvgIpc) is 3.16. The van der Waals surface area contributed by atoms with E-state index in [-0.39, 0.29) is 5.69 Å². The van der Waals surface area contributed by atoms with E-state index in [2.05, 4.69) is 10.0 Å². The number of para-hydroxylation sites is 2. The zero-order valence-corrected chi connectivity index (χ0v) is 14.0. The maximum Gasteiger partial charge on any atom is 0.454 e. The number of imide groups is 1. The van der Waals surface area contributed by atoms with E-state index in [1.54, 1.807) is 25.1 Å². The van der Waals surface area contributed by atoms with Gasteiger partial charge in [0, 0.05) is 25.7 Å². The van der Waals surface area contributed by atoms with Crippen molar-refractivity contribution in [3.63, 3.8) is 0 Å². The van der Waals surface area contributed by atoms with E-state index in [0.29, 0.717) is 18.5 Å². The Morgan fingerprint density at radius 1 is 1.30 bits per heavy atom. The normalized spacial score (nSPS) is 25.2. The monoisotopic (exact) mass is 339 g/mol. The van der Waals surface area contributed by atoms with Crippen LogP contribution in [0, 0.1) is 0 Å². The van der Waals surface area contributed by atoms with Gasteiger partial charge in [-0.15, -0.1) is 0 Å². The summed E-state index contributed by atoms with van der Waals surface area (Å²) in [5.74, 6) is 0. The number of rotatable bonds is 3. The molecule has 124 valence electrons. The molecule has 1 heterocycles. The molecule has 1 unspecified atom stereocenters. The molecule has 9 heteroatoms. The van der Waals surface area contributed by atoms with Gasteiger partial charge in [-0.05, 0) is 29.7 Å². The number of anilines is 1. The molecule has 1 aromatic rings. The quantitative estimate of drug-likeness (QED) is 0.811. The predicted molar refractivity (Wildman–Crippen MR) is 86.2 cm³/mol. The zero-order chi connectivity index (χ0) is 17.0. The molecule has 4 amide bonds. The molecule has 1 saturated carbocycles. The fourth-order valence-electron chi connectivity index (χ4n) is 2.80. The van der Waals surface area contributed by atoms with Gasteiger partial charge >= 0.3 is 22.3 Å². The number of carbonyl (C=O) groups is 2. The van der Waals surface area contributed by atoms with E-state index in [0.717, 1.165) is 0 Å². The van der Waals surface area contributed by atoms with Crippen molar-refractivity contribution >= 4 is 33.6 Å². The Kier molecular flexibility index (Phi) is 3.29. The number of carbonyl (C=O) groups excluding carboxylic acids is 2. The minimum Gasteiger partial charge on any atom is -0.307 e. The van der Waals surface area contributed by atoms with Gasteiger partial charge in [0.15, 0.2) is 5.69 Å². The summed E-state index contributed by atoms with van der Waals surface area (Å²) in [4.78, 5) is 26.7. The molecular weight excluding hydrogens is 320 g/mol. The molecule has 0 aromatic heterocycles. The molecule has 1 aliphatic carbocycles.